The first-order valence-corrected chi connectivity index (χ1v) is 8.53. The van der Waals surface area contributed by atoms with Crippen LogP contribution in [0.25, 0.3) is 11.1 Å². The van der Waals surface area contributed by atoms with Crippen molar-refractivity contribution in [3.63, 3.8) is 0 Å². The van der Waals surface area contributed by atoms with Gasteiger partial charge in [-0.1, -0.05) is 18.2 Å². The molecule has 2 aliphatic heterocycles. The van der Waals surface area contributed by atoms with E-state index in [9.17, 15) is 9.18 Å². The van der Waals surface area contributed by atoms with Gasteiger partial charge in [0.2, 0.25) is 0 Å². The molecule has 2 atom stereocenters. The van der Waals surface area contributed by atoms with Gasteiger partial charge in [0, 0.05) is 37.4 Å². The van der Waals surface area contributed by atoms with Gasteiger partial charge in [0.25, 0.3) is 0 Å². The lowest BCUT2D eigenvalue weighted by Gasteiger charge is -2.22. The highest BCUT2D eigenvalue weighted by atomic mass is 19.1. The van der Waals surface area contributed by atoms with Gasteiger partial charge >= 0.3 is 0 Å². The molecule has 0 bridgehead atoms. The summed E-state index contributed by atoms with van der Waals surface area (Å²) in [6, 6.07) is 10.9. The molecule has 2 fully saturated rings. The summed E-state index contributed by atoms with van der Waals surface area (Å²) in [5, 5.41) is 0. The fourth-order valence-corrected chi connectivity index (χ4v) is 4.70. The molecule has 2 heterocycles. The van der Waals surface area contributed by atoms with Gasteiger partial charge in [0.1, 0.15) is 5.82 Å². The number of carbonyl (C=O) groups is 1. The maximum absolute atomic E-state index is 14.1. The number of likely N-dealkylation sites (tertiary alicyclic amines) is 1. The molecule has 122 valence electrons. The molecule has 2 aromatic carbocycles. The molecule has 3 nitrogen and oxygen atoms in total. The summed E-state index contributed by atoms with van der Waals surface area (Å²) in [5.41, 5.74) is 3.54. The number of halogens is 1. The first kappa shape index (κ1) is 14.2. The molecule has 0 saturated carbocycles. The van der Waals surface area contributed by atoms with Gasteiger partial charge in [-0.3, -0.25) is 4.79 Å². The molecule has 5 rings (SSSR count). The van der Waals surface area contributed by atoms with Crippen molar-refractivity contribution in [1.82, 2.24) is 4.90 Å². The quantitative estimate of drug-likeness (QED) is 0.688. The topological polar surface area (TPSA) is 23.6 Å². The molecule has 3 aliphatic rings. The molecule has 0 N–H and O–H groups in total. The number of carbonyl (C=O) groups excluding carboxylic acids is 1. The van der Waals surface area contributed by atoms with E-state index in [2.05, 4.69) is 22.9 Å². The van der Waals surface area contributed by atoms with Crippen molar-refractivity contribution in [3.05, 3.63) is 53.3 Å². The number of ketones is 1. The van der Waals surface area contributed by atoms with Crippen molar-refractivity contribution in [2.45, 2.75) is 0 Å². The molecule has 4 heteroatoms. The van der Waals surface area contributed by atoms with E-state index in [0.29, 0.717) is 17.4 Å². The van der Waals surface area contributed by atoms with Gasteiger partial charge in [0.05, 0.1) is 5.56 Å². The smallest absolute Gasteiger partial charge is 0.197 e. The van der Waals surface area contributed by atoms with E-state index in [0.717, 1.165) is 43.0 Å². The van der Waals surface area contributed by atoms with E-state index < -0.39 is 5.82 Å². The fraction of sp³-hybridized carbons (Fsp3) is 0.350. The Morgan fingerprint density at radius 1 is 0.958 bits per heavy atom. The first-order valence-electron chi connectivity index (χ1n) is 8.53. The van der Waals surface area contributed by atoms with Crippen LogP contribution in [0.15, 0.2) is 36.4 Å². The second kappa shape index (κ2) is 4.90. The van der Waals surface area contributed by atoms with Crippen LogP contribution in [0.4, 0.5) is 10.1 Å². The van der Waals surface area contributed by atoms with Crippen molar-refractivity contribution in [2.24, 2.45) is 11.8 Å². The summed E-state index contributed by atoms with van der Waals surface area (Å²) in [6.07, 6.45) is 0. The zero-order chi connectivity index (χ0) is 16.4. The Morgan fingerprint density at radius 2 is 1.71 bits per heavy atom. The second-order valence-corrected chi connectivity index (χ2v) is 7.37. The predicted molar refractivity (Wildman–Crippen MR) is 92.0 cm³/mol. The second-order valence-electron chi connectivity index (χ2n) is 7.37. The number of nitrogens with zero attached hydrogens (tertiary/aromatic N) is 2. The average molecular weight is 322 g/mol. The Morgan fingerprint density at radius 3 is 2.46 bits per heavy atom. The van der Waals surface area contributed by atoms with Gasteiger partial charge in [-0.2, -0.15) is 0 Å². The summed E-state index contributed by atoms with van der Waals surface area (Å²) in [6.45, 7) is 4.40. The van der Waals surface area contributed by atoms with E-state index >= 15 is 0 Å². The van der Waals surface area contributed by atoms with Crippen LogP contribution in [0.3, 0.4) is 0 Å². The van der Waals surface area contributed by atoms with Crippen molar-refractivity contribution in [1.29, 1.82) is 0 Å². The van der Waals surface area contributed by atoms with Crippen LogP contribution in [0.2, 0.25) is 0 Å². The number of rotatable bonds is 1. The summed E-state index contributed by atoms with van der Waals surface area (Å²) >= 11 is 0. The highest BCUT2D eigenvalue weighted by molar-refractivity contribution is 6.22. The number of anilines is 1. The molecule has 0 spiro atoms. The molecule has 2 unspecified atom stereocenters. The standard InChI is InChI=1S/C20H19FN2O/c1-22-8-12-10-23(11-13(12)9-22)14-5-6-15-16-3-2-4-18(21)19(16)20(24)17(15)7-14/h2-7,12-13H,8-11H2,1H3. The van der Waals surface area contributed by atoms with Crippen LogP contribution in [-0.2, 0) is 0 Å². The maximum Gasteiger partial charge on any atom is 0.197 e. The van der Waals surface area contributed by atoms with Crippen LogP contribution in [0, 0.1) is 17.7 Å². The maximum atomic E-state index is 14.1. The normalized spacial score (nSPS) is 25.1. The lowest BCUT2D eigenvalue weighted by Crippen LogP contribution is -2.26. The largest absolute Gasteiger partial charge is 0.371 e. The van der Waals surface area contributed by atoms with Gasteiger partial charge < -0.3 is 9.80 Å². The number of hydrogen-bond acceptors (Lipinski definition) is 3. The van der Waals surface area contributed by atoms with Crippen LogP contribution in [0.5, 0.6) is 0 Å². The molecule has 1 aliphatic carbocycles. The van der Waals surface area contributed by atoms with E-state index in [4.69, 9.17) is 0 Å². The molecule has 2 aromatic rings. The number of hydrogen-bond donors (Lipinski definition) is 0. The molecule has 0 radical (unpaired) electrons. The van der Waals surface area contributed by atoms with Crippen molar-refractivity contribution < 1.29 is 9.18 Å². The zero-order valence-corrected chi connectivity index (χ0v) is 13.6. The Bertz CT molecular complexity index is 849. The molecule has 0 aromatic heterocycles. The highest BCUT2D eigenvalue weighted by Gasteiger charge is 2.39. The monoisotopic (exact) mass is 322 g/mol. The summed E-state index contributed by atoms with van der Waals surface area (Å²) in [7, 11) is 2.18. The lowest BCUT2D eigenvalue weighted by molar-refractivity contribution is 0.104. The minimum atomic E-state index is -0.422. The van der Waals surface area contributed by atoms with Crippen LogP contribution in [-0.4, -0.2) is 43.9 Å². The highest BCUT2D eigenvalue weighted by Crippen LogP contribution is 2.41. The number of benzene rings is 2. The third-order valence-electron chi connectivity index (χ3n) is 5.81. The minimum absolute atomic E-state index is 0.181. The first-order chi connectivity index (χ1) is 11.6. The Balaban J connectivity index is 1.50. The third kappa shape index (κ3) is 1.89. The van der Waals surface area contributed by atoms with E-state index in [-0.39, 0.29) is 11.3 Å². The van der Waals surface area contributed by atoms with Gasteiger partial charge in [0.15, 0.2) is 5.78 Å². The van der Waals surface area contributed by atoms with Crippen molar-refractivity contribution >= 4 is 11.5 Å². The van der Waals surface area contributed by atoms with Crippen LogP contribution in [0.1, 0.15) is 15.9 Å². The molecular formula is C20H19FN2O. The van der Waals surface area contributed by atoms with E-state index in [1.807, 2.05) is 18.2 Å². The predicted octanol–water partition coefficient (Wildman–Crippen LogP) is 3.03. The van der Waals surface area contributed by atoms with Gasteiger partial charge in [-0.25, -0.2) is 4.39 Å². The SMILES string of the molecule is CN1CC2CN(c3ccc4c(c3)C(=O)c3c(F)cccc3-4)CC2C1. The lowest BCUT2D eigenvalue weighted by atomic mass is 10.0. The summed E-state index contributed by atoms with van der Waals surface area (Å²) in [4.78, 5) is 17.4. The molecule has 2 saturated heterocycles. The Kier molecular flexibility index (Phi) is 2.89. The summed E-state index contributed by atoms with van der Waals surface area (Å²) in [5.74, 6) is 0.829. The average Bonchev–Trinajstić information content (AvgIpc) is 3.18. The Hall–Kier alpha value is -2.20. The van der Waals surface area contributed by atoms with Gasteiger partial charge in [-0.15, -0.1) is 0 Å². The molecule has 0 amide bonds. The fourth-order valence-electron chi connectivity index (χ4n) is 4.70. The van der Waals surface area contributed by atoms with Crippen LogP contribution < -0.4 is 4.90 Å². The van der Waals surface area contributed by atoms with Crippen LogP contribution >= 0.6 is 0 Å². The zero-order valence-electron chi connectivity index (χ0n) is 13.6. The van der Waals surface area contributed by atoms with Crippen molar-refractivity contribution in [3.8, 4) is 11.1 Å². The number of fused-ring (bicyclic) bond motifs is 4. The summed E-state index contributed by atoms with van der Waals surface area (Å²) < 4.78 is 14.1. The van der Waals surface area contributed by atoms with Crippen molar-refractivity contribution in [2.75, 3.05) is 38.1 Å². The van der Waals surface area contributed by atoms with E-state index in [1.54, 1.807) is 6.07 Å². The molecular weight excluding hydrogens is 303 g/mol. The third-order valence-corrected chi connectivity index (χ3v) is 5.81. The van der Waals surface area contributed by atoms with Gasteiger partial charge in [-0.05, 0) is 48.2 Å². The van der Waals surface area contributed by atoms with E-state index in [1.165, 1.54) is 6.07 Å². The molecule has 24 heavy (non-hydrogen) atoms. The Labute approximate surface area is 140 Å². The minimum Gasteiger partial charge on any atom is -0.371 e.